The van der Waals surface area contributed by atoms with Crippen molar-refractivity contribution >= 4 is 56.1 Å². The molecule has 0 amide bonds. The molecule has 2 heterocycles. The number of pyridine rings is 1. The van der Waals surface area contributed by atoms with Crippen LogP contribution in [-0.2, 0) is 5.11 Å². The average Bonchev–Trinajstić information content (AvgIpc) is 3.48. The highest BCUT2D eigenvalue weighted by molar-refractivity contribution is 6.58. The van der Waals surface area contributed by atoms with Gasteiger partial charge in [0.25, 0.3) is 0 Å². The predicted molar refractivity (Wildman–Crippen MR) is 189 cm³/mol. The lowest BCUT2D eigenvalue weighted by molar-refractivity contribution is 0.930. The summed E-state index contributed by atoms with van der Waals surface area (Å²) >= 11 is 0. The van der Waals surface area contributed by atoms with Gasteiger partial charge < -0.3 is 0 Å². The molecule has 3 nitrogen and oxygen atoms in total. The summed E-state index contributed by atoms with van der Waals surface area (Å²) in [5, 5.41) is 3.09. The van der Waals surface area contributed by atoms with E-state index in [-0.39, 0.29) is 0 Å². The first-order chi connectivity index (χ1) is 22.0. The summed E-state index contributed by atoms with van der Waals surface area (Å²) in [6.07, 6.45) is 3.65. The van der Waals surface area contributed by atoms with Crippen LogP contribution in [0.4, 0.5) is 0 Å². The molecule has 0 saturated heterocycles. The summed E-state index contributed by atoms with van der Waals surface area (Å²) < 4.78 is 1.96. The van der Waals surface area contributed by atoms with Crippen LogP contribution in [0.3, 0.4) is 0 Å². The second kappa shape index (κ2) is 10.7. The molecule has 2 aromatic heterocycles. The topological polar surface area (TPSA) is 30.7 Å². The largest absolute Gasteiger partial charge is 0.298 e. The van der Waals surface area contributed by atoms with Crippen LogP contribution >= 0.6 is 0 Å². The molecule has 45 heavy (non-hydrogen) atoms. The third kappa shape index (κ3) is 4.65. The summed E-state index contributed by atoms with van der Waals surface area (Å²) in [6.45, 7) is 0. The minimum atomic E-state index is -1.62. The Hall–Kier alpha value is -5.35. The molecule has 8 rings (SSSR count). The number of hydrogen-bond donors (Lipinski definition) is 0. The Kier molecular flexibility index (Phi) is 6.46. The van der Waals surface area contributed by atoms with E-state index in [1.807, 2.05) is 59.4 Å². The fourth-order valence-corrected chi connectivity index (χ4v) is 6.50. The smallest absolute Gasteiger partial charge is 0.0951 e. The lowest BCUT2D eigenvalue weighted by Gasteiger charge is -2.22. The monoisotopic (exact) mass is 567 g/mol. The van der Waals surface area contributed by atoms with Gasteiger partial charge in [0, 0.05) is 18.1 Å². The fraction of sp³-hybridized carbons (Fsp3) is 0.0256. The van der Waals surface area contributed by atoms with Crippen LogP contribution in [0.5, 0.6) is 0 Å². The molecular formula is C39H24B3N3. The highest BCUT2D eigenvalue weighted by atomic mass is 15.1. The molecule has 0 aliphatic carbocycles. The average molecular weight is 567 g/mol. The van der Waals surface area contributed by atoms with Crippen molar-refractivity contribution < 1.29 is 0 Å². The van der Waals surface area contributed by atoms with Gasteiger partial charge in [-0.05, 0) is 91.3 Å². The van der Waals surface area contributed by atoms with Gasteiger partial charge in [0.15, 0.2) is 0 Å². The minimum Gasteiger partial charge on any atom is -0.298 e. The summed E-state index contributed by atoms with van der Waals surface area (Å²) in [5.74, 6) is 0.390. The maximum Gasteiger partial charge on any atom is 0.0951 e. The van der Waals surface area contributed by atoms with Gasteiger partial charge >= 0.3 is 0 Å². The quantitative estimate of drug-likeness (QED) is 0.155. The predicted octanol–water partition coefficient (Wildman–Crippen LogP) is 8.34. The third-order valence-corrected chi connectivity index (χ3v) is 8.46. The lowest BCUT2D eigenvalue weighted by atomic mass is 9.42. The number of benzene rings is 6. The lowest BCUT2D eigenvalue weighted by Crippen LogP contribution is -2.31. The van der Waals surface area contributed by atoms with Crippen molar-refractivity contribution in [1.29, 1.82) is 0 Å². The van der Waals surface area contributed by atoms with E-state index in [1.54, 1.807) is 0 Å². The number of aromatic nitrogens is 3. The van der Waals surface area contributed by atoms with Crippen LogP contribution in [0.15, 0.2) is 146 Å². The van der Waals surface area contributed by atoms with Gasteiger partial charge in [0.2, 0.25) is 0 Å². The van der Waals surface area contributed by atoms with Crippen molar-refractivity contribution in [3.8, 4) is 39.1 Å². The van der Waals surface area contributed by atoms with Crippen molar-refractivity contribution in [1.82, 2.24) is 14.5 Å². The minimum absolute atomic E-state index is 0.390. The Morgan fingerprint density at radius 2 is 1.02 bits per heavy atom. The SMILES string of the molecule is [B]C([B])([B])c1nc2ccccc2n1-c1cccc(-c2c3ccccc3c(-c3ccc(-c4ccncc4)cc3)c3ccccc23)c1. The zero-order valence-electron chi connectivity index (χ0n) is 24.4. The van der Waals surface area contributed by atoms with Gasteiger partial charge in [-0.15, -0.1) is 0 Å². The van der Waals surface area contributed by atoms with E-state index < -0.39 is 5.11 Å². The maximum absolute atomic E-state index is 6.24. The number of para-hydroxylation sites is 2. The molecule has 0 aliphatic rings. The molecular weight excluding hydrogens is 543 g/mol. The van der Waals surface area contributed by atoms with Crippen molar-refractivity contribution in [2.45, 2.75) is 5.11 Å². The van der Waals surface area contributed by atoms with Crippen molar-refractivity contribution in [3.63, 3.8) is 0 Å². The van der Waals surface area contributed by atoms with Crippen molar-refractivity contribution in [2.24, 2.45) is 0 Å². The molecule has 0 atom stereocenters. The molecule has 0 bridgehead atoms. The Bertz CT molecular complexity index is 2300. The van der Waals surface area contributed by atoms with Gasteiger partial charge in [-0.3, -0.25) is 9.55 Å². The zero-order chi connectivity index (χ0) is 30.5. The summed E-state index contributed by atoms with van der Waals surface area (Å²) in [6, 6.07) is 46.4. The van der Waals surface area contributed by atoms with E-state index in [0.717, 1.165) is 39.0 Å². The third-order valence-electron chi connectivity index (χ3n) is 8.46. The number of fused-ring (bicyclic) bond motifs is 3. The Morgan fingerprint density at radius 3 is 1.64 bits per heavy atom. The highest BCUT2D eigenvalue weighted by Crippen LogP contribution is 2.44. The van der Waals surface area contributed by atoms with Crippen LogP contribution in [0.1, 0.15) is 5.82 Å². The van der Waals surface area contributed by atoms with Crippen LogP contribution in [0.2, 0.25) is 0 Å². The normalized spacial score (nSPS) is 11.8. The number of hydrogen-bond acceptors (Lipinski definition) is 2. The molecule has 8 aromatic rings. The van der Waals surface area contributed by atoms with Gasteiger partial charge in [-0.1, -0.05) is 102 Å². The second-order valence-corrected chi connectivity index (χ2v) is 11.4. The molecule has 0 N–H and O–H groups in total. The zero-order valence-corrected chi connectivity index (χ0v) is 24.4. The van der Waals surface area contributed by atoms with Gasteiger partial charge in [0.1, 0.15) is 0 Å². The molecule has 0 fully saturated rings. The van der Waals surface area contributed by atoms with E-state index in [2.05, 4.69) is 96.0 Å². The molecule has 6 aromatic carbocycles. The second-order valence-electron chi connectivity index (χ2n) is 11.4. The number of imidazole rings is 1. The van der Waals surface area contributed by atoms with Crippen LogP contribution in [-0.4, -0.2) is 38.1 Å². The summed E-state index contributed by atoms with van der Waals surface area (Å²) in [4.78, 5) is 8.88. The van der Waals surface area contributed by atoms with E-state index in [0.29, 0.717) is 5.82 Å². The standard InChI is InChI=1S/C39H24B3N3/c40-39(41,42)38-44-34-14-5-6-15-35(34)45(38)29-9-7-8-28(24-29)37-32-12-3-1-10-30(32)36(31-11-2-4-13-33(31)37)27-18-16-25(17-19-27)26-20-22-43-23-21-26/h1-24H. The van der Waals surface area contributed by atoms with Crippen molar-refractivity contribution in [3.05, 3.63) is 152 Å². The van der Waals surface area contributed by atoms with E-state index >= 15 is 0 Å². The van der Waals surface area contributed by atoms with Crippen molar-refractivity contribution in [2.75, 3.05) is 0 Å². The number of nitrogens with zero attached hydrogens (tertiary/aromatic N) is 3. The van der Waals surface area contributed by atoms with Crippen LogP contribution in [0.25, 0.3) is 71.6 Å². The van der Waals surface area contributed by atoms with Gasteiger partial charge in [-0.2, -0.15) is 0 Å². The Morgan fingerprint density at radius 1 is 0.489 bits per heavy atom. The first-order valence-electron chi connectivity index (χ1n) is 14.9. The van der Waals surface area contributed by atoms with E-state index in [4.69, 9.17) is 28.5 Å². The van der Waals surface area contributed by atoms with Gasteiger partial charge in [-0.25, -0.2) is 4.98 Å². The van der Waals surface area contributed by atoms with Crippen LogP contribution in [0, 0.1) is 0 Å². The molecule has 6 radical (unpaired) electrons. The highest BCUT2D eigenvalue weighted by Gasteiger charge is 2.23. The first-order valence-corrected chi connectivity index (χ1v) is 14.9. The molecule has 0 spiro atoms. The molecule has 204 valence electrons. The summed E-state index contributed by atoms with van der Waals surface area (Å²) in [7, 11) is 18.7. The molecule has 6 heteroatoms. The maximum atomic E-state index is 6.24. The Labute approximate surface area is 265 Å². The van der Waals surface area contributed by atoms with E-state index in [1.165, 1.54) is 32.7 Å². The Balaban J connectivity index is 1.36. The fourth-order valence-electron chi connectivity index (χ4n) is 6.50. The first kappa shape index (κ1) is 27.2. The molecule has 0 saturated carbocycles. The van der Waals surface area contributed by atoms with Crippen LogP contribution < -0.4 is 0 Å². The van der Waals surface area contributed by atoms with E-state index in [9.17, 15) is 0 Å². The number of rotatable bonds is 5. The summed E-state index contributed by atoms with van der Waals surface area (Å²) in [5.41, 5.74) is 9.45. The molecule has 0 unspecified atom stereocenters. The molecule has 0 aliphatic heterocycles. The van der Waals surface area contributed by atoms with Gasteiger partial charge in [0.05, 0.1) is 40.4 Å².